The number of nitrogens with one attached hydrogen (secondary N) is 1. The van der Waals surface area contributed by atoms with Crippen LogP contribution >= 0.6 is 0 Å². The molecule has 0 bridgehead atoms. The summed E-state index contributed by atoms with van der Waals surface area (Å²) in [5.41, 5.74) is 0.0628. The molecular weight excluding hydrogens is 386 g/mol. The van der Waals surface area contributed by atoms with Gasteiger partial charge < -0.3 is 14.6 Å². The number of methoxy groups -OCH3 is 1. The molecule has 0 saturated heterocycles. The quantitative estimate of drug-likeness (QED) is 0.483. The lowest BCUT2D eigenvalue weighted by atomic mass is 10.2. The zero-order chi connectivity index (χ0) is 20.2. The second-order valence-corrected chi connectivity index (χ2v) is 14.9. The minimum absolute atomic E-state index is 0.0382. The highest BCUT2D eigenvalue weighted by Gasteiger charge is 2.21. The fourth-order valence-electron chi connectivity index (χ4n) is 2.22. The van der Waals surface area contributed by atoms with E-state index in [4.69, 9.17) is 19.4 Å². The van der Waals surface area contributed by atoms with E-state index in [2.05, 4.69) is 24.6 Å². The van der Waals surface area contributed by atoms with E-state index in [1.807, 2.05) is 0 Å². The van der Waals surface area contributed by atoms with Gasteiger partial charge in [-0.15, -0.1) is 0 Å². The Labute approximate surface area is 160 Å². The van der Waals surface area contributed by atoms with Crippen molar-refractivity contribution < 1.29 is 23.6 Å². The lowest BCUT2D eigenvalue weighted by molar-refractivity contribution is 0.0696. The van der Waals surface area contributed by atoms with Crippen LogP contribution in [-0.4, -0.2) is 46.6 Å². The average molecular weight is 412 g/mol. The summed E-state index contributed by atoms with van der Waals surface area (Å²) in [7, 11) is -3.16. The normalized spacial score (nSPS) is 13.9. The predicted octanol–water partition coefficient (Wildman–Crippen LogP) is 3.37. The lowest BCUT2D eigenvalue weighted by Crippen LogP contribution is -2.22. The van der Waals surface area contributed by atoms with Crippen LogP contribution in [0.2, 0.25) is 25.7 Å². The van der Waals surface area contributed by atoms with Gasteiger partial charge in [-0.2, -0.15) is 4.98 Å². The van der Waals surface area contributed by atoms with Gasteiger partial charge in [0, 0.05) is 20.9 Å². The van der Waals surface area contributed by atoms with Crippen LogP contribution in [0.4, 0.5) is 0 Å². The van der Waals surface area contributed by atoms with Gasteiger partial charge in [0.1, 0.15) is 16.5 Å². The van der Waals surface area contributed by atoms with Crippen LogP contribution in [0.1, 0.15) is 10.4 Å². The third kappa shape index (κ3) is 5.41. The maximum atomic E-state index is 13.0. The molecule has 1 aromatic carbocycles. The Balaban J connectivity index is 2.20. The first-order valence-electron chi connectivity index (χ1n) is 8.36. The first-order chi connectivity index (χ1) is 12.5. The molecule has 148 valence electrons. The number of rotatable bonds is 9. The third-order valence-electron chi connectivity index (χ3n) is 3.85. The SMILES string of the molecule is COc1nc(S(=N)(=O)c2ccc(C(=O)O)cc2)cn1COCC[Si](C)(C)C. The topological polar surface area (TPSA) is 115 Å². The summed E-state index contributed by atoms with van der Waals surface area (Å²) < 4.78 is 33.7. The number of aromatic nitrogens is 2. The Hall–Kier alpha value is -2.17. The largest absolute Gasteiger partial charge is 0.478 e. The lowest BCUT2D eigenvalue weighted by Gasteiger charge is -2.15. The highest BCUT2D eigenvalue weighted by Crippen LogP contribution is 2.24. The van der Waals surface area contributed by atoms with Crippen molar-refractivity contribution in [3.8, 4) is 6.01 Å². The van der Waals surface area contributed by atoms with Crippen LogP contribution in [0.15, 0.2) is 40.4 Å². The Bertz CT molecular complexity index is 902. The van der Waals surface area contributed by atoms with Crippen LogP contribution in [0, 0.1) is 4.78 Å². The number of carboxylic acid groups (broad SMARTS) is 1. The molecule has 10 heteroatoms. The summed E-state index contributed by atoms with van der Waals surface area (Å²) in [6, 6.07) is 6.60. The molecule has 2 rings (SSSR count). The van der Waals surface area contributed by atoms with Crippen LogP contribution in [0.25, 0.3) is 0 Å². The van der Waals surface area contributed by atoms with Crippen molar-refractivity contribution in [2.75, 3.05) is 13.7 Å². The molecular formula is C17H25N3O5SSi. The van der Waals surface area contributed by atoms with Crippen molar-refractivity contribution >= 4 is 23.8 Å². The van der Waals surface area contributed by atoms with E-state index in [-0.39, 0.29) is 28.2 Å². The Morgan fingerprint density at radius 2 is 1.93 bits per heavy atom. The van der Waals surface area contributed by atoms with Crippen LogP contribution in [0.3, 0.4) is 0 Å². The van der Waals surface area contributed by atoms with Gasteiger partial charge in [-0.25, -0.2) is 13.8 Å². The molecule has 0 aliphatic heterocycles. The van der Waals surface area contributed by atoms with Gasteiger partial charge in [0.05, 0.1) is 17.6 Å². The molecule has 0 aliphatic carbocycles. The molecule has 0 aliphatic rings. The van der Waals surface area contributed by atoms with Gasteiger partial charge in [-0.1, -0.05) is 19.6 Å². The first-order valence-corrected chi connectivity index (χ1v) is 13.6. The number of carboxylic acids is 1. The number of ether oxygens (including phenoxy) is 2. The molecule has 0 radical (unpaired) electrons. The molecule has 2 aromatic rings. The fourth-order valence-corrected chi connectivity index (χ4v) is 4.22. The zero-order valence-electron chi connectivity index (χ0n) is 15.9. The number of aromatic carboxylic acids is 1. The van der Waals surface area contributed by atoms with Gasteiger partial charge >= 0.3 is 5.97 Å². The van der Waals surface area contributed by atoms with E-state index in [0.717, 1.165) is 6.04 Å². The molecule has 2 N–H and O–H groups in total. The van der Waals surface area contributed by atoms with E-state index in [1.54, 1.807) is 4.57 Å². The van der Waals surface area contributed by atoms with E-state index >= 15 is 0 Å². The maximum Gasteiger partial charge on any atom is 0.335 e. The van der Waals surface area contributed by atoms with Crippen molar-refractivity contribution in [2.45, 2.75) is 42.3 Å². The number of benzene rings is 1. The number of carbonyl (C=O) groups is 1. The molecule has 0 fully saturated rings. The number of imidazole rings is 1. The molecule has 0 amide bonds. The smallest absolute Gasteiger partial charge is 0.335 e. The van der Waals surface area contributed by atoms with Gasteiger partial charge in [0.2, 0.25) is 0 Å². The van der Waals surface area contributed by atoms with E-state index in [1.165, 1.54) is 37.6 Å². The molecule has 27 heavy (non-hydrogen) atoms. The molecule has 8 nitrogen and oxygen atoms in total. The van der Waals surface area contributed by atoms with Crippen molar-refractivity contribution in [3.63, 3.8) is 0 Å². The molecule has 0 saturated carbocycles. The van der Waals surface area contributed by atoms with E-state index in [9.17, 15) is 9.00 Å². The number of nitrogens with zero attached hydrogens (tertiary/aromatic N) is 2. The second-order valence-electron chi connectivity index (χ2n) is 7.27. The number of hydrogen-bond donors (Lipinski definition) is 2. The summed E-state index contributed by atoms with van der Waals surface area (Å²) in [5, 5.41) is 9.00. The zero-order valence-corrected chi connectivity index (χ0v) is 17.7. The Morgan fingerprint density at radius 3 is 2.44 bits per heavy atom. The predicted molar refractivity (Wildman–Crippen MR) is 104 cm³/mol. The number of hydrogen-bond acceptors (Lipinski definition) is 6. The fraction of sp³-hybridized carbons (Fsp3) is 0.412. The highest BCUT2D eigenvalue weighted by molar-refractivity contribution is 7.92. The molecule has 1 unspecified atom stereocenters. The van der Waals surface area contributed by atoms with E-state index < -0.39 is 23.8 Å². The Kier molecular flexibility index (Phi) is 6.45. The summed E-state index contributed by atoms with van der Waals surface area (Å²) in [6.45, 7) is 7.58. The molecule has 1 aromatic heterocycles. The summed E-state index contributed by atoms with van der Waals surface area (Å²) in [4.78, 5) is 15.3. The summed E-state index contributed by atoms with van der Waals surface area (Å²) >= 11 is 0. The third-order valence-corrected chi connectivity index (χ3v) is 7.28. The monoisotopic (exact) mass is 411 g/mol. The first kappa shape index (κ1) is 21.1. The van der Waals surface area contributed by atoms with Gasteiger partial charge in [-0.3, -0.25) is 4.57 Å². The van der Waals surface area contributed by atoms with Crippen molar-refractivity contribution in [3.05, 3.63) is 36.0 Å². The molecule has 1 heterocycles. The maximum absolute atomic E-state index is 13.0. The molecule has 0 spiro atoms. The van der Waals surface area contributed by atoms with Gasteiger partial charge in [-0.05, 0) is 30.3 Å². The highest BCUT2D eigenvalue weighted by atomic mass is 32.2. The van der Waals surface area contributed by atoms with Crippen LogP contribution < -0.4 is 4.74 Å². The van der Waals surface area contributed by atoms with Crippen LogP contribution in [0.5, 0.6) is 6.01 Å². The minimum atomic E-state index is -3.40. The second kappa shape index (κ2) is 8.24. The Morgan fingerprint density at radius 1 is 1.30 bits per heavy atom. The standard InChI is InChI=1S/C17H25N3O5SSi/c1-24-17-19-15(11-20(17)12-25-9-10-27(2,3)4)26(18,23)14-7-5-13(6-8-14)16(21)22/h5-8,11,18H,9-10,12H2,1-4H3,(H,21,22). The average Bonchev–Trinajstić information content (AvgIpc) is 3.02. The summed E-state index contributed by atoms with van der Waals surface area (Å²) in [5.74, 6) is -1.08. The van der Waals surface area contributed by atoms with Crippen molar-refractivity contribution in [2.24, 2.45) is 0 Å². The van der Waals surface area contributed by atoms with Crippen molar-refractivity contribution in [1.82, 2.24) is 9.55 Å². The van der Waals surface area contributed by atoms with Crippen molar-refractivity contribution in [1.29, 1.82) is 4.78 Å². The van der Waals surface area contributed by atoms with Gasteiger partial charge in [0.15, 0.2) is 5.03 Å². The van der Waals surface area contributed by atoms with Crippen LogP contribution in [-0.2, 0) is 21.2 Å². The van der Waals surface area contributed by atoms with E-state index in [0.29, 0.717) is 6.61 Å². The van der Waals surface area contributed by atoms with Gasteiger partial charge in [0.25, 0.3) is 6.01 Å². The molecule has 1 atom stereocenters. The summed E-state index contributed by atoms with van der Waals surface area (Å²) in [6.07, 6.45) is 1.48. The minimum Gasteiger partial charge on any atom is -0.478 e.